The summed E-state index contributed by atoms with van der Waals surface area (Å²) in [4.78, 5) is 18.5. The number of ether oxygens (including phenoxy) is 2. The van der Waals surface area contributed by atoms with E-state index in [2.05, 4.69) is 10.3 Å². The summed E-state index contributed by atoms with van der Waals surface area (Å²) < 4.78 is 10.9. The lowest BCUT2D eigenvalue weighted by molar-refractivity contribution is -0.140. The molecule has 1 aromatic rings. The highest BCUT2D eigenvalue weighted by Gasteiger charge is 2.28. The third-order valence-corrected chi connectivity index (χ3v) is 4.24. The van der Waals surface area contributed by atoms with E-state index in [-0.39, 0.29) is 31.0 Å². The summed E-state index contributed by atoms with van der Waals surface area (Å²) >= 11 is 0. The first kappa shape index (κ1) is 18.1. The van der Waals surface area contributed by atoms with Gasteiger partial charge >= 0.3 is 0 Å². The third kappa shape index (κ3) is 4.88. The van der Waals surface area contributed by atoms with E-state index < -0.39 is 0 Å². The van der Waals surface area contributed by atoms with Crippen LogP contribution in [-0.2, 0) is 14.3 Å². The number of hydrogen-bond acceptors (Lipinski definition) is 5. The van der Waals surface area contributed by atoms with Gasteiger partial charge in [0.2, 0.25) is 5.91 Å². The van der Waals surface area contributed by atoms with Gasteiger partial charge in [-0.05, 0) is 18.1 Å². The molecule has 7 heteroatoms. The zero-order chi connectivity index (χ0) is 15.2. The Balaban J connectivity index is 0.00000192. The minimum absolute atomic E-state index is 0. The maximum Gasteiger partial charge on any atom is 0.249 e. The minimum Gasteiger partial charge on any atom is -0.381 e. The minimum atomic E-state index is 0. The van der Waals surface area contributed by atoms with Crippen molar-refractivity contribution >= 4 is 18.3 Å². The van der Waals surface area contributed by atoms with E-state index in [4.69, 9.17) is 9.47 Å². The molecule has 128 valence electrons. The predicted octanol–water partition coefficient (Wildman–Crippen LogP) is 1.03. The van der Waals surface area contributed by atoms with Crippen molar-refractivity contribution < 1.29 is 14.3 Å². The average molecular weight is 342 g/mol. The lowest BCUT2D eigenvalue weighted by atomic mass is 10.1. The molecule has 0 spiro atoms. The Morgan fingerprint density at radius 3 is 3.17 bits per heavy atom. The van der Waals surface area contributed by atoms with Crippen LogP contribution in [0.25, 0.3) is 0 Å². The smallest absolute Gasteiger partial charge is 0.249 e. The van der Waals surface area contributed by atoms with E-state index in [9.17, 15) is 4.79 Å². The zero-order valence-electron chi connectivity index (χ0n) is 13.1. The molecule has 0 saturated carbocycles. The van der Waals surface area contributed by atoms with Gasteiger partial charge in [0.1, 0.15) is 6.61 Å². The normalized spacial score (nSPS) is 24.3. The maximum absolute atomic E-state index is 12.5. The molecule has 2 aliphatic rings. The van der Waals surface area contributed by atoms with Crippen LogP contribution in [0.3, 0.4) is 0 Å². The highest BCUT2D eigenvalue weighted by molar-refractivity contribution is 5.85. The molecule has 0 radical (unpaired) electrons. The summed E-state index contributed by atoms with van der Waals surface area (Å²) in [5.41, 5.74) is 1.06. The Kier molecular flexibility index (Phi) is 7.23. The monoisotopic (exact) mass is 341 g/mol. The van der Waals surface area contributed by atoms with Crippen LogP contribution in [0.4, 0.5) is 0 Å². The largest absolute Gasteiger partial charge is 0.381 e. The van der Waals surface area contributed by atoms with Gasteiger partial charge in [-0.25, -0.2) is 0 Å². The summed E-state index contributed by atoms with van der Waals surface area (Å²) in [7, 11) is 0. The van der Waals surface area contributed by atoms with Gasteiger partial charge in [-0.1, -0.05) is 6.07 Å². The predicted molar refractivity (Wildman–Crippen MR) is 88.6 cm³/mol. The molecule has 2 unspecified atom stereocenters. The average Bonchev–Trinajstić information content (AvgIpc) is 3.09. The van der Waals surface area contributed by atoms with Gasteiger partial charge in [0, 0.05) is 44.6 Å². The van der Waals surface area contributed by atoms with Crippen molar-refractivity contribution in [2.75, 3.05) is 46.1 Å². The molecule has 2 aliphatic heterocycles. The van der Waals surface area contributed by atoms with E-state index >= 15 is 0 Å². The number of nitrogens with zero attached hydrogens (tertiary/aromatic N) is 2. The second-order valence-electron chi connectivity index (χ2n) is 5.84. The van der Waals surface area contributed by atoms with E-state index in [1.807, 2.05) is 23.2 Å². The van der Waals surface area contributed by atoms with Crippen molar-refractivity contribution in [3.05, 3.63) is 30.1 Å². The molecule has 1 N–H and O–H groups in total. The number of carbonyl (C=O) groups is 1. The maximum atomic E-state index is 12.5. The second kappa shape index (κ2) is 9.17. The number of amides is 1. The lowest BCUT2D eigenvalue weighted by Crippen LogP contribution is -2.49. The third-order valence-electron chi connectivity index (χ3n) is 4.24. The number of carbonyl (C=O) groups excluding carboxylic acids is 1. The van der Waals surface area contributed by atoms with Crippen molar-refractivity contribution in [3.63, 3.8) is 0 Å². The van der Waals surface area contributed by atoms with Gasteiger partial charge in [0.25, 0.3) is 0 Å². The number of halogens is 1. The van der Waals surface area contributed by atoms with Gasteiger partial charge in [-0.2, -0.15) is 0 Å². The molecule has 2 saturated heterocycles. The van der Waals surface area contributed by atoms with E-state index in [1.54, 1.807) is 6.20 Å². The molecule has 0 aromatic carbocycles. The summed E-state index contributed by atoms with van der Waals surface area (Å²) in [5, 5.41) is 3.34. The molecule has 2 atom stereocenters. The summed E-state index contributed by atoms with van der Waals surface area (Å²) in [5.74, 6) is 0.485. The second-order valence-corrected chi connectivity index (χ2v) is 5.84. The number of hydrogen-bond donors (Lipinski definition) is 1. The van der Waals surface area contributed by atoms with Crippen LogP contribution in [0.5, 0.6) is 0 Å². The molecule has 3 rings (SSSR count). The highest BCUT2D eigenvalue weighted by Crippen LogP contribution is 2.21. The summed E-state index contributed by atoms with van der Waals surface area (Å²) in [6, 6.07) is 3.96. The van der Waals surface area contributed by atoms with Gasteiger partial charge in [-0.15, -0.1) is 12.4 Å². The van der Waals surface area contributed by atoms with E-state index in [0.29, 0.717) is 19.1 Å². The molecule has 1 aromatic heterocycles. The van der Waals surface area contributed by atoms with Crippen LogP contribution in [0.1, 0.15) is 18.0 Å². The lowest BCUT2D eigenvalue weighted by Gasteiger charge is -2.36. The number of pyridine rings is 1. The van der Waals surface area contributed by atoms with Gasteiger partial charge in [0.05, 0.1) is 19.3 Å². The molecular weight excluding hydrogens is 318 g/mol. The fraction of sp³-hybridized carbons (Fsp3) is 0.625. The fourth-order valence-electron chi connectivity index (χ4n) is 2.98. The molecule has 0 aliphatic carbocycles. The first-order chi connectivity index (χ1) is 10.8. The van der Waals surface area contributed by atoms with Gasteiger partial charge < -0.3 is 19.7 Å². The first-order valence-corrected chi connectivity index (χ1v) is 7.90. The SMILES string of the molecule is Cl.O=C(COCC1CCOC1)N1CCNCC1c1cccnc1. The number of rotatable bonds is 5. The Hall–Kier alpha value is -1.21. The molecule has 0 bridgehead atoms. The van der Waals surface area contributed by atoms with Crippen molar-refractivity contribution in [2.24, 2.45) is 5.92 Å². The van der Waals surface area contributed by atoms with E-state index in [0.717, 1.165) is 38.3 Å². The zero-order valence-corrected chi connectivity index (χ0v) is 14.0. The number of piperazine rings is 1. The first-order valence-electron chi connectivity index (χ1n) is 7.90. The van der Waals surface area contributed by atoms with Gasteiger partial charge in [-0.3, -0.25) is 9.78 Å². The number of nitrogens with one attached hydrogen (secondary N) is 1. The fourth-order valence-corrected chi connectivity index (χ4v) is 2.98. The summed E-state index contributed by atoms with van der Waals surface area (Å²) in [6.45, 7) is 4.59. The van der Waals surface area contributed by atoms with Crippen molar-refractivity contribution in [3.8, 4) is 0 Å². The molecule has 2 fully saturated rings. The Labute approximate surface area is 143 Å². The molecule has 6 nitrogen and oxygen atoms in total. The Morgan fingerprint density at radius 1 is 1.52 bits per heavy atom. The van der Waals surface area contributed by atoms with E-state index in [1.165, 1.54) is 0 Å². The molecular formula is C16H24ClN3O3. The van der Waals surface area contributed by atoms with Crippen molar-refractivity contribution in [1.29, 1.82) is 0 Å². The van der Waals surface area contributed by atoms with Crippen molar-refractivity contribution in [1.82, 2.24) is 15.2 Å². The topological polar surface area (TPSA) is 63.7 Å². The highest BCUT2D eigenvalue weighted by atomic mass is 35.5. The van der Waals surface area contributed by atoms with Crippen LogP contribution in [0, 0.1) is 5.92 Å². The Morgan fingerprint density at radius 2 is 2.43 bits per heavy atom. The molecule has 1 amide bonds. The molecule has 23 heavy (non-hydrogen) atoms. The Bertz CT molecular complexity index is 483. The van der Waals surface area contributed by atoms with Crippen LogP contribution < -0.4 is 5.32 Å². The van der Waals surface area contributed by atoms with Gasteiger partial charge in [0.15, 0.2) is 0 Å². The quantitative estimate of drug-likeness (QED) is 0.866. The number of aromatic nitrogens is 1. The van der Waals surface area contributed by atoms with Crippen LogP contribution >= 0.6 is 12.4 Å². The van der Waals surface area contributed by atoms with Crippen molar-refractivity contribution in [2.45, 2.75) is 12.5 Å². The van der Waals surface area contributed by atoms with Crippen LogP contribution in [-0.4, -0.2) is 61.9 Å². The van der Waals surface area contributed by atoms with Crippen LogP contribution in [0.15, 0.2) is 24.5 Å². The standard InChI is InChI=1S/C16H23N3O3.ClH/c20-16(12-22-11-13-3-7-21-10-13)19-6-5-18-9-15(19)14-2-1-4-17-8-14;/h1-2,4,8,13,15,18H,3,5-7,9-12H2;1H. The summed E-state index contributed by atoms with van der Waals surface area (Å²) in [6.07, 6.45) is 4.60. The molecule has 3 heterocycles. The van der Waals surface area contributed by atoms with Crippen LogP contribution in [0.2, 0.25) is 0 Å².